The smallest absolute Gasteiger partial charge is 0.308 e. The van der Waals surface area contributed by atoms with Crippen LogP contribution in [0, 0.1) is 5.92 Å². The summed E-state index contributed by atoms with van der Waals surface area (Å²) in [5, 5.41) is 11.9. The number of thioether (sulfide) groups is 1. The molecule has 2 atom stereocenters. The minimum atomic E-state index is -0.783. The second-order valence-corrected chi connectivity index (χ2v) is 5.13. The van der Waals surface area contributed by atoms with Gasteiger partial charge in [-0.1, -0.05) is 12.8 Å². The van der Waals surface area contributed by atoms with Crippen LogP contribution in [0.3, 0.4) is 0 Å². The molecule has 0 radical (unpaired) electrons. The highest BCUT2D eigenvalue weighted by molar-refractivity contribution is 7.98. The van der Waals surface area contributed by atoms with Crippen molar-refractivity contribution in [2.75, 3.05) is 12.0 Å². The highest BCUT2D eigenvalue weighted by Crippen LogP contribution is 2.24. The van der Waals surface area contributed by atoms with Gasteiger partial charge in [-0.2, -0.15) is 11.8 Å². The first-order valence-electron chi connectivity index (χ1n) is 5.66. The van der Waals surface area contributed by atoms with Crippen molar-refractivity contribution in [1.82, 2.24) is 5.32 Å². The average Bonchev–Trinajstić information content (AvgIpc) is 2.27. The molecule has 0 aromatic heterocycles. The molecule has 4 nitrogen and oxygen atoms in total. The van der Waals surface area contributed by atoms with E-state index in [1.54, 1.807) is 11.8 Å². The van der Waals surface area contributed by atoms with Gasteiger partial charge in [0.25, 0.3) is 0 Å². The van der Waals surface area contributed by atoms with E-state index in [1.165, 1.54) is 0 Å². The van der Waals surface area contributed by atoms with Crippen molar-refractivity contribution in [1.29, 1.82) is 0 Å². The Kier molecular flexibility index (Phi) is 5.66. The van der Waals surface area contributed by atoms with E-state index in [4.69, 9.17) is 5.11 Å². The van der Waals surface area contributed by atoms with E-state index >= 15 is 0 Å². The van der Waals surface area contributed by atoms with Crippen molar-refractivity contribution in [3.05, 3.63) is 0 Å². The van der Waals surface area contributed by atoms with Crippen LogP contribution in [0.4, 0.5) is 0 Å². The molecule has 2 N–H and O–H groups in total. The molecule has 92 valence electrons. The SMILES string of the molecule is CSCCC(=O)NC1CCCCC1C(=O)O. The lowest BCUT2D eigenvalue weighted by atomic mass is 9.84. The molecule has 1 rings (SSSR count). The maximum atomic E-state index is 11.5. The first-order chi connectivity index (χ1) is 7.65. The van der Waals surface area contributed by atoms with Gasteiger partial charge in [0.15, 0.2) is 0 Å². The van der Waals surface area contributed by atoms with E-state index in [-0.39, 0.29) is 11.9 Å². The number of carbonyl (C=O) groups is 2. The number of hydrogen-bond acceptors (Lipinski definition) is 3. The van der Waals surface area contributed by atoms with Crippen molar-refractivity contribution in [2.24, 2.45) is 5.92 Å². The van der Waals surface area contributed by atoms with Crippen molar-refractivity contribution in [2.45, 2.75) is 38.1 Å². The third kappa shape index (κ3) is 4.04. The molecule has 0 saturated heterocycles. The molecule has 2 unspecified atom stereocenters. The van der Waals surface area contributed by atoms with Gasteiger partial charge in [-0.05, 0) is 19.1 Å². The summed E-state index contributed by atoms with van der Waals surface area (Å²) in [5.41, 5.74) is 0. The van der Waals surface area contributed by atoms with Crippen molar-refractivity contribution in [3.63, 3.8) is 0 Å². The average molecular weight is 245 g/mol. The predicted octanol–water partition coefficient (Wildman–Crippen LogP) is 1.50. The summed E-state index contributed by atoms with van der Waals surface area (Å²) in [6, 6.07) is -0.166. The Labute approximate surface area is 100 Å². The molecule has 0 aromatic carbocycles. The van der Waals surface area contributed by atoms with Gasteiger partial charge >= 0.3 is 5.97 Å². The summed E-state index contributed by atoms with van der Waals surface area (Å²) in [6.45, 7) is 0. The molecule has 1 fully saturated rings. The second kappa shape index (κ2) is 6.78. The van der Waals surface area contributed by atoms with E-state index < -0.39 is 11.9 Å². The fourth-order valence-electron chi connectivity index (χ4n) is 2.07. The first-order valence-corrected chi connectivity index (χ1v) is 7.05. The quantitative estimate of drug-likeness (QED) is 0.770. The Morgan fingerprint density at radius 3 is 2.69 bits per heavy atom. The Bertz CT molecular complexity index is 258. The van der Waals surface area contributed by atoms with Crippen LogP contribution < -0.4 is 5.32 Å². The van der Waals surface area contributed by atoms with Gasteiger partial charge in [-0.3, -0.25) is 9.59 Å². The van der Waals surface area contributed by atoms with Crippen molar-refractivity contribution < 1.29 is 14.7 Å². The third-order valence-electron chi connectivity index (χ3n) is 2.96. The van der Waals surface area contributed by atoms with Crippen LogP contribution in [0.2, 0.25) is 0 Å². The number of nitrogens with one attached hydrogen (secondary N) is 1. The largest absolute Gasteiger partial charge is 0.481 e. The zero-order chi connectivity index (χ0) is 12.0. The summed E-state index contributed by atoms with van der Waals surface area (Å²) in [7, 11) is 0. The number of carboxylic acids is 1. The van der Waals surface area contributed by atoms with Gasteiger partial charge in [-0.25, -0.2) is 0 Å². The molecular formula is C11H19NO3S. The minimum Gasteiger partial charge on any atom is -0.481 e. The van der Waals surface area contributed by atoms with Crippen LogP contribution in [0.15, 0.2) is 0 Å². The number of amides is 1. The number of carboxylic acid groups (broad SMARTS) is 1. The molecule has 0 aromatic rings. The maximum absolute atomic E-state index is 11.5. The fourth-order valence-corrected chi connectivity index (χ4v) is 2.46. The lowest BCUT2D eigenvalue weighted by Gasteiger charge is -2.29. The monoisotopic (exact) mass is 245 g/mol. The number of aliphatic carboxylic acids is 1. The minimum absolute atomic E-state index is 0.0208. The van der Waals surface area contributed by atoms with E-state index in [2.05, 4.69) is 5.32 Å². The molecular weight excluding hydrogens is 226 g/mol. The van der Waals surface area contributed by atoms with Crippen LogP contribution in [0.5, 0.6) is 0 Å². The summed E-state index contributed by atoms with van der Waals surface area (Å²) in [4.78, 5) is 22.5. The first kappa shape index (κ1) is 13.4. The summed E-state index contributed by atoms with van der Waals surface area (Å²) < 4.78 is 0. The van der Waals surface area contributed by atoms with Crippen LogP contribution in [-0.2, 0) is 9.59 Å². The van der Waals surface area contributed by atoms with Gasteiger partial charge in [0, 0.05) is 18.2 Å². The Morgan fingerprint density at radius 1 is 1.38 bits per heavy atom. The lowest BCUT2D eigenvalue weighted by Crippen LogP contribution is -2.45. The van der Waals surface area contributed by atoms with Gasteiger partial charge in [0.1, 0.15) is 0 Å². The molecule has 0 spiro atoms. The van der Waals surface area contributed by atoms with Crippen LogP contribution in [-0.4, -0.2) is 35.0 Å². The number of hydrogen-bond donors (Lipinski definition) is 2. The summed E-state index contributed by atoms with van der Waals surface area (Å²) >= 11 is 1.62. The van der Waals surface area contributed by atoms with E-state index in [9.17, 15) is 9.59 Å². The predicted molar refractivity (Wildman–Crippen MR) is 64.5 cm³/mol. The van der Waals surface area contributed by atoms with Gasteiger partial charge in [-0.15, -0.1) is 0 Å². The molecule has 0 heterocycles. The molecule has 1 saturated carbocycles. The van der Waals surface area contributed by atoms with Crippen LogP contribution in [0.25, 0.3) is 0 Å². The zero-order valence-corrected chi connectivity index (χ0v) is 10.4. The van der Waals surface area contributed by atoms with Gasteiger partial charge in [0.05, 0.1) is 5.92 Å². The molecule has 1 aliphatic carbocycles. The molecule has 1 aliphatic rings. The summed E-state index contributed by atoms with van der Waals surface area (Å²) in [6.07, 6.45) is 5.87. The maximum Gasteiger partial charge on any atom is 0.308 e. The molecule has 1 amide bonds. The standard InChI is InChI=1S/C11H19NO3S/c1-16-7-6-10(13)12-9-5-3-2-4-8(9)11(14)15/h8-9H,2-7H2,1H3,(H,12,13)(H,14,15). The highest BCUT2D eigenvalue weighted by Gasteiger charge is 2.31. The fraction of sp³-hybridized carbons (Fsp3) is 0.818. The van der Waals surface area contributed by atoms with E-state index in [0.29, 0.717) is 12.8 Å². The normalized spacial score (nSPS) is 25.1. The molecule has 0 bridgehead atoms. The third-order valence-corrected chi connectivity index (χ3v) is 3.58. The number of carbonyl (C=O) groups excluding carboxylic acids is 1. The number of rotatable bonds is 5. The van der Waals surface area contributed by atoms with E-state index in [0.717, 1.165) is 25.0 Å². The molecule has 0 aliphatic heterocycles. The van der Waals surface area contributed by atoms with E-state index in [1.807, 2.05) is 6.26 Å². The topological polar surface area (TPSA) is 66.4 Å². The Balaban J connectivity index is 2.43. The molecule has 16 heavy (non-hydrogen) atoms. The Morgan fingerprint density at radius 2 is 2.06 bits per heavy atom. The summed E-state index contributed by atoms with van der Waals surface area (Å²) in [5.74, 6) is -0.412. The van der Waals surface area contributed by atoms with Crippen LogP contribution in [0.1, 0.15) is 32.1 Å². The van der Waals surface area contributed by atoms with Crippen molar-refractivity contribution in [3.8, 4) is 0 Å². The zero-order valence-electron chi connectivity index (χ0n) is 9.57. The van der Waals surface area contributed by atoms with Crippen LogP contribution >= 0.6 is 11.8 Å². The highest BCUT2D eigenvalue weighted by atomic mass is 32.2. The molecule has 5 heteroatoms. The Hall–Kier alpha value is -0.710. The van der Waals surface area contributed by atoms with Gasteiger partial charge in [0.2, 0.25) is 5.91 Å². The lowest BCUT2D eigenvalue weighted by molar-refractivity contribution is -0.144. The van der Waals surface area contributed by atoms with Crippen molar-refractivity contribution >= 4 is 23.6 Å². The van der Waals surface area contributed by atoms with Gasteiger partial charge < -0.3 is 10.4 Å². The second-order valence-electron chi connectivity index (χ2n) is 4.15.